The Morgan fingerprint density at radius 3 is 2.29 bits per heavy atom. The number of aryl methyl sites for hydroxylation is 2. The van der Waals surface area contributed by atoms with Gasteiger partial charge < -0.3 is 9.57 Å². The van der Waals surface area contributed by atoms with Gasteiger partial charge in [-0.2, -0.15) is 0 Å². The van der Waals surface area contributed by atoms with Crippen LogP contribution in [-0.2, 0) is 4.84 Å². The second-order valence-electron chi connectivity index (χ2n) is 3.40. The van der Waals surface area contributed by atoms with E-state index < -0.39 is 0 Å². The molecule has 14 heavy (non-hydrogen) atoms. The summed E-state index contributed by atoms with van der Waals surface area (Å²) in [6.45, 7) is 5.29. The summed E-state index contributed by atoms with van der Waals surface area (Å²) < 4.78 is 5.53. The Balaban J connectivity index is 2.42. The highest BCUT2D eigenvalue weighted by Crippen LogP contribution is 2.16. The van der Waals surface area contributed by atoms with Crippen molar-refractivity contribution in [2.45, 2.75) is 20.3 Å². The molecule has 1 aromatic carbocycles. The van der Waals surface area contributed by atoms with Crippen LogP contribution in [0.4, 0.5) is 0 Å². The topological polar surface area (TPSA) is 44.5 Å². The summed E-state index contributed by atoms with van der Waals surface area (Å²) in [7, 11) is 0. The third-order valence-electron chi connectivity index (χ3n) is 1.87. The molecule has 78 valence electrons. The second kappa shape index (κ2) is 5.62. The van der Waals surface area contributed by atoms with Crippen LogP contribution in [0.1, 0.15) is 17.5 Å². The van der Waals surface area contributed by atoms with Crippen LogP contribution in [0.25, 0.3) is 0 Å². The lowest BCUT2D eigenvalue weighted by Gasteiger charge is -2.07. The Kier molecular flexibility index (Phi) is 4.43. The van der Waals surface area contributed by atoms with E-state index in [2.05, 4.69) is 24.8 Å². The highest BCUT2D eigenvalue weighted by molar-refractivity contribution is 5.32. The molecule has 0 fully saturated rings. The number of rotatable bonds is 5. The van der Waals surface area contributed by atoms with Gasteiger partial charge in [0.25, 0.3) is 0 Å². The van der Waals surface area contributed by atoms with Crippen LogP contribution < -0.4 is 10.6 Å². The summed E-state index contributed by atoms with van der Waals surface area (Å²) in [5.74, 6) is 5.82. The first-order valence-electron chi connectivity index (χ1n) is 4.75. The Hall–Kier alpha value is -1.06. The quantitative estimate of drug-likeness (QED) is 0.577. The van der Waals surface area contributed by atoms with Crippen molar-refractivity contribution in [3.63, 3.8) is 0 Å². The van der Waals surface area contributed by atoms with Crippen molar-refractivity contribution in [3.8, 4) is 5.75 Å². The van der Waals surface area contributed by atoms with Crippen LogP contribution in [0.2, 0.25) is 0 Å². The molecule has 0 aliphatic rings. The molecule has 1 aromatic rings. The number of hydrogen-bond acceptors (Lipinski definition) is 3. The monoisotopic (exact) mass is 195 g/mol. The van der Waals surface area contributed by atoms with Gasteiger partial charge in [0.05, 0.1) is 13.2 Å². The molecule has 0 spiro atoms. The molecule has 0 bridgehead atoms. The Bertz CT molecular complexity index is 266. The van der Waals surface area contributed by atoms with E-state index in [9.17, 15) is 0 Å². The maximum Gasteiger partial charge on any atom is 0.119 e. The van der Waals surface area contributed by atoms with E-state index >= 15 is 0 Å². The van der Waals surface area contributed by atoms with Gasteiger partial charge >= 0.3 is 0 Å². The van der Waals surface area contributed by atoms with Crippen molar-refractivity contribution in [1.82, 2.24) is 0 Å². The van der Waals surface area contributed by atoms with Crippen LogP contribution in [0.15, 0.2) is 18.2 Å². The van der Waals surface area contributed by atoms with Crippen LogP contribution in [0.5, 0.6) is 5.75 Å². The Labute approximate surface area is 84.8 Å². The van der Waals surface area contributed by atoms with Crippen molar-refractivity contribution < 1.29 is 9.57 Å². The normalized spacial score (nSPS) is 10.2. The molecule has 0 unspecified atom stereocenters. The van der Waals surface area contributed by atoms with Gasteiger partial charge in [0.15, 0.2) is 0 Å². The van der Waals surface area contributed by atoms with Crippen LogP contribution in [0.3, 0.4) is 0 Å². The molecule has 0 aromatic heterocycles. The van der Waals surface area contributed by atoms with Crippen molar-refractivity contribution >= 4 is 0 Å². The molecule has 0 amide bonds. The van der Waals surface area contributed by atoms with Crippen LogP contribution >= 0.6 is 0 Å². The van der Waals surface area contributed by atoms with Gasteiger partial charge in [-0.3, -0.25) is 0 Å². The maximum atomic E-state index is 5.53. The van der Waals surface area contributed by atoms with E-state index in [0.29, 0.717) is 13.2 Å². The van der Waals surface area contributed by atoms with Gasteiger partial charge in [-0.1, -0.05) is 6.07 Å². The molecule has 1 rings (SSSR count). The lowest BCUT2D eigenvalue weighted by molar-refractivity contribution is 0.122. The zero-order chi connectivity index (χ0) is 10.4. The molecular formula is C11H17NO2. The maximum absolute atomic E-state index is 5.53. The van der Waals surface area contributed by atoms with Gasteiger partial charge in [0.1, 0.15) is 5.75 Å². The lowest BCUT2D eigenvalue weighted by atomic mass is 10.1. The van der Waals surface area contributed by atoms with Gasteiger partial charge in [-0.05, 0) is 37.1 Å². The SMILES string of the molecule is Cc1cc(C)cc(OCCCON)c1. The average molecular weight is 195 g/mol. The fourth-order valence-electron chi connectivity index (χ4n) is 1.35. The highest BCUT2D eigenvalue weighted by Gasteiger charge is 1.96. The molecule has 0 aliphatic heterocycles. The summed E-state index contributed by atoms with van der Waals surface area (Å²) in [5, 5.41) is 0. The number of nitrogens with two attached hydrogens (primary N) is 1. The van der Waals surface area contributed by atoms with Gasteiger partial charge in [0.2, 0.25) is 0 Å². The molecule has 3 heteroatoms. The second-order valence-corrected chi connectivity index (χ2v) is 3.40. The molecule has 0 aliphatic carbocycles. The molecular weight excluding hydrogens is 178 g/mol. The number of benzene rings is 1. The van der Waals surface area contributed by atoms with Gasteiger partial charge in [0, 0.05) is 6.42 Å². The number of ether oxygens (including phenoxy) is 1. The fourth-order valence-corrected chi connectivity index (χ4v) is 1.35. The Morgan fingerprint density at radius 2 is 1.71 bits per heavy atom. The van der Waals surface area contributed by atoms with Crippen molar-refractivity contribution in [1.29, 1.82) is 0 Å². The van der Waals surface area contributed by atoms with Crippen molar-refractivity contribution in [2.75, 3.05) is 13.2 Å². The average Bonchev–Trinajstić information content (AvgIpc) is 2.11. The first-order chi connectivity index (χ1) is 6.72. The minimum atomic E-state index is 0.533. The zero-order valence-corrected chi connectivity index (χ0v) is 8.75. The summed E-state index contributed by atoms with van der Waals surface area (Å²) in [6.07, 6.45) is 0.809. The zero-order valence-electron chi connectivity index (χ0n) is 8.75. The summed E-state index contributed by atoms with van der Waals surface area (Å²) in [4.78, 5) is 4.45. The summed E-state index contributed by atoms with van der Waals surface area (Å²) in [6, 6.07) is 6.17. The Morgan fingerprint density at radius 1 is 1.07 bits per heavy atom. The fraction of sp³-hybridized carbons (Fsp3) is 0.455. The van der Waals surface area contributed by atoms with E-state index in [1.165, 1.54) is 11.1 Å². The molecule has 2 N–H and O–H groups in total. The standard InChI is InChI=1S/C11H17NO2/c1-9-6-10(2)8-11(7-9)13-4-3-5-14-12/h6-8H,3-5,12H2,1-2H3. The van der Waals surface area contributed by atoms with E-state index in [1.807, 2.05) is 12.1 Å². The molecule has 0 heterocycles. The minimum absolute atomic E-state index is 0.533. The van der Waals surface area contributed by atoms with Crippen LogP contribution in [-0.4, -0.2) is 13.2 Å². The lowest BCUT2D eigenvalue weighted by Crippen LogP contribution is -2.06. The van der Waals surface area contributed by atoms with E-state index in [0.717, 1.165) is 12.2 Å². The van der Waals surface area contributed by atoms with Crippen molar-refractivity contribution in [3.05, 3.63) is 29.3 Å². The molecule has 0 atom stereocenters. The molecule has 0 saturated carbocycles. The van der Waals surface area contributed by atoms with E-state index in [4.69, 9.17) is 10.6 Å². The predicted octanol–water partition coefficient (Wildman–Crippen LogP) is 1.96. The number of hydrogen-bond donors (Lipinski definition) is 1. The summed E-state index contributed by atoms with van der Waals surface area (Å²) in [5.41, 5.74) is 2.44. The van der Waals surface area contributed by atoms with Gasteiger partial charge in [-0.25, -0.2) is 5.90 Å². The third kappa shape index (κ3) is 3.77. The highest BCUT2D eigenvalue weighted by atomic mass is 16.6. The van der Waals surface area contributed by atoms with Crippen LogP contribution in [0, 0.1) is 13.8 Å². The minimum Gasteiger partial charge on any atom is -0.493 e. The van der Waals surface area contributed by atoms with E-state index in [1.54, 1.807) is 0 Å². The molecule has 3 nitrogen and oxygen atoms in total. The third-order valence-corrected chi connectivity index (χ3v) is 1.87. The first kappa shape index (κ1) is 11.0. The summed E-state index contributed by atoms with van der Waals surface area (Å²) >= 11 is 0. The molecule has 0 radical (unpaired) electrons. The largest absolute Gasteiger partial charge is 0.493 e. The van der Waals surface area contributed by atoms with Gasteiger partial charge in [-0.15, -0.1) is 0 Å². The van der Waals surface area contributed by atoms with E-state index in [-0.39, 0.29) is 0 Å². The smallest absolute Gasteiger partial charge is 0.119 e. The van der Waals surface area contributed by atoms with Crippen molar-refractivity contribution in [2.24, 2.45) is 5.90 Å². The molecule has 0 saturated heterocycles. The first-order valence-corrected chi connectivity index (χ1v) is 4.75. The predicted molar refractivity (Wildman–Crippen MR) is 56.2 cm³/mol.